The lowest BCUT2D eigenvalue weighted by molar-refractivity contribution is 0.102. The zero-order valence-electron chi connectivity index (χ0n) is 14.8. The topological polar surface area (TPSA) is 107 Å². The van der Waals surface area contributed by atoms with E-state index in [-0.39, 0.29) is 11.0 Å². The number of nitrogens with zero attached hydrogens (tertiary/aromatic N) is 1. The van der Waals surface area contributed by atoms with Gasteiger partial charge in [0.2, 0.25) is 10.0 Å². The Bertz CT molecular complexity index is 1090. The molecule has 3 rings (SSSR count). The maximum atomic E-state index is 12.6. The van der Waals surface area contributed by atoms with Crippen LogP contribution in [-0.4, -0.2) is 39.8 Å². The average Bonchev–Trinajstić information content (AvgIpc) is 3.00. The van der Waals surface area contributed by atoms with E-state index in [4.69, 9.17) is 9.47 Å². The molecular weight excluding hydrogens is 390 g/mol. The smallest absolute Gasteiger partial charge is 0.255 e. The molecule has 1 aromatic heterocycles. The molecule has 10 heteroatoms. The summed E-state index contributed by atoms with van der Waals surface area (Å²) in [6, 6.07) is 10.0. The van der Waals surface area contributed by atoms with Crippen LogP contribution in [0.4, 0.5) is 10.8 Å². The molecule has 0 bridgehead atoms. The molecule has 8 nitrogen and oxygen atoms in total. The van der Waals surface area contributed by atoms with Crippen molar-refractivity contribution in [1.82, 2.24) is 4.98 Å². The first kappa shape index (κ1) is 18.9. The SMILES string of the molecule is COc1cc(OC)cc(C(=O)Nc2ccc3nc(NS(C)(=O)=O)sc3c2)c1. The molecule has 0 aliphatic heterocycles. The molecule has 0 radical (unpaired) electrons. The van der Waals surface area contributed by atoms with Crippen LogP contribution >= 0.6 is 11.3 Å². The summed E-state index contributed by atoms with van der Waals surface area (Å²) in [4.78, 5) is 16.8. The van der Waals surface area contributed by atoms with Gasteiger partial charge in [-0.25, -0.2) is 13.4 Å². The highest BCUT2D eigenvalue weighted by atomic mass is 32.2. The summed E-state index contributed by atoms with van der Waals surface area (Å²) >= 11 is 1.18. The van der Waals surface area contributed by atoms with Crippen molar-refractivity contribution < 1.29 is 22.7 Å². The summed E-state index contributed by atoms with van der Waals surface area (Å²) in [5.41, 5.74) is 1.58. The molecule has 0 spiro atoms. The number of hydrogen-bond donors (Lipinski definition) is 2. The van der Waals surface area contributed by atoms with Gasteiger partial charge in [-0.15, -0.1) is 0 Å². The van der Waals surface area contributed by atoms with Crippen molar-refractivity contribution in [3.8, 4) is 11.5 Å². The minimum absolute atomic E-state index is 0.272. The number of hydrogen-bond acceptors (Lipinski definition) is 7. The Morgan fingerprint density at radius 1 is 1.07 bits per heavy atom. The van der Waals surface area contributed by atoms with Crippen molar-refractivity contribution in [2.24, 2.45) is 0 Å². The highest BCUT2D eigenvalue weighted by Crippen LogP contribution is 2.29. The first-order valence-electron chi connectivity index (χ1n) is 7.70. The average molecular weight is 407 g/mol. The first-order chi connectivity index (χ1) is 12.8. The standard InChI is InChI=1S/C17H17N3O5S2/c1-24-12-6-10(7-13(9-12)25-2)16(21)18-11-4-5-14-15(8-11)26-17(19-14)20-27(3,22)23/h4-9H,1-3H3,(H,18,21)(H,19,20). The van der Waals surface area contributed by atoms with Crippen LogP contribution in [0.15, 0.2) is 36.4 Å². The number of sulfonamides is 1. The number of thiazole rings is 1. The van der Waals surface area contributed by atoms with E-state index in [1.807, 2.05) is 0 Å². The van der Waals surface area contributed by atoms with Crippen LogP contribution in [-0.2, 0) is 10.0 Å². The third-order valence-electron chi connectivity index (χ3n) is 3.53. The van der Waals surface area contributed by atoms with Crippen LogP contribution in [0.3, 0.4) is 0 Å². The van der Waals surface area contributed by atoms with Crippen molar-refractivity contribution in [3.63, 3.8) is 0 Å². The molecule has 0 aliphatic rings. The molecule has 142 valence electrons. The molecular formula is C17H17N3O5S2. The van der Waals surface area contributed by atoms with Crippen LogP contribution in [0.5, 0.6) is 11.5 Å². The van der Waals surface area contributed by atoms with E-state index in [2.05, 4.69) is 15.0 Å². The summed E-state index contributed by atoms with van der Waals surface area (Å²) in [7, 11) is -0.378. The number of anilines is 2. The number of nitrogens with one attached hydrogen (secondary N) is 2. The summed E-state index contributed by atoms with van der Waals surface area (Å²) in [5, 5.41) is 3.07. The third-order valence-corrected chi connectivity index (χ3v) is 5.16. The van der Waals surface area contributed by atoms with E-state index in [1.165, 1.54) is 25.6 Å². The highest BCUT2D eigenvalue weighted by molar-refractivity contribution is 7.92. The number of ether oxygens (including phenoxy) is 2. The molecule has 0 aliphatic carbocycles. The maximum absolute atomic E-state index is 12.6. The van der Waals surface area contributed by atoms with E-state index in [9.17, 15) is 13.2 Å². The van der Waals surface area contributed by atoms with Crippen LogP contribution in [0.2, 0.25) is 0 Å². The Kier molecular flexibility index (Phi) is 5.19. The van der Waals surface area contributed by atoms with Crippen molar-refractivity contribution >= 4 is 48.3 Å². The van der Waals surface area contributed by atoms with Crippen molar-refractivity contribution in [2.75, 3.05) is 30.5 Å². The molecule has 1 amide bonds. The quantitative estimate of drug-likeness (QED) is 0.651. The Morgan fingerprint density at radius 2 is 1.74 bits per heavy atom. The zero-order valence-corrected chi connectivity index (χ0v) is 16.4. The number of methoxy groups -OCH3 is 2. The van der Waals surface area contributed by atoms with Crippen LogP contribution in [0.25, 0.3) is 10.2 Å². The maximum Gasteiger partial charge on any atom is 0.255 e. The molecule has 1 heterocycles. The Labute approximate surface area is 160 Å². The summed E-state index contributed by atoms with van der Waals surface area (Å²) in [5.74, 6) is 0.688. The highest BCUT2D eigenvalue weighted by Gasteiger charge is 2.12. The Hall–Kier alpha value is -2.85. The van der Waals surface area contributed by atoms with Crippen LogP contribution in [0, 0.1) is 0 Å². The lowest BCUT2D eigenvalue weighted by Gasteiger charge is -2.09. The second-order valence-corrected chi connectivity index (χ2v) is 8.41. The van der Waals surface area contributed by atoms with Gasteiger partial charge < -0.3 is 14.8 Å². The van der Waals surface area contributed by atoms with Gasteiger partial charge in [0.05, 0.1) is 30.7 Å². The predicted octanol–water partition coefficient (Wildman–Crippen LogP) is 2.94. The zero-order chi connectivity index (χ0) is 19.6. The second-order valence-electron chi connectivity index (χ2n) is 5.63. The van der Waals surface area contributed by atoms with Crippen molar-refractivity contribution in [3.05, 3.63) is 42.0 Å². The number of rotatable bonds is 6. The van der Waals surface area contributed by atoms with Gasteiger partial charge in [-0.3, -0.25) is 9.52 Å². The summed E-state index contributed by atoms with van der Waals surface area (Å²) in [6.07, 6.45) is 1.06. The van der Waals surface area contributed by atoms with Crippen molar-refractivity contribution in [2.45, 2.75) is 0 Å². The fourth-order valence-electron chi connectivity index (χ4n) is 2.35. The number of carbonyl (C=O) groups excluding carboxylic acids is 1. The molecule has 27 heavy (non-hydrogen) atoms. The van der Waals surface area contributed by atoms with Gasteiger partial charge in [0.1, 0.15) is 11.5 Å². The van der Waals surface area contributed by atoms with E-state index < -0.39 is 10.0 Å². The Balaban J connectivity index is 1.84. The summed E-state index contributed by atoms with van der Waals surface area (Å²) in [6.45, 7) is 0. The molecule has 0 fully saturated rings. The van der Waals surface area contributed by atoms with Gasteiger partial charge in [0.25, 0.3) is 5.91 Å². The first-order valence-corrected chi connectivity index (χ1v) is 10.4. The minimum Gasteiger partial charge on any atom is -0.497 e. The lowest BCUT2D eigenvalue weighted by atomic mass is 10.1. The molecule has 0 saturated heterocycles. The normalized spacial score (nSPS) is 11.2. The van der Waals surface area contributed by atoms with E-state index >= 15 is 0 Å². The van der Waals surface area contributed by atoms with E-state index in [0.29, 0.717) is 28.3 Å². The Morgan fingerprint density at radius 3 is 2.33 bits per heavy atom. The van der Waals surface area contributed by atoms with Gasteiger partial charge in [0, 0.05) is 17.3 Å². The second kappa shape index (κ2) is 7.41. The molecule has 2 N–H and O–H groups in total. The van der Waals surface area contributed by atoms with Gasteiger partial charge in [-0.05, 0) is 30.3 Å². The number of fused-ring (bicyclic) bond motifs is 1. The van der Waals surface area contributed by atoms with Crippen LogP contribution < -0.4 is 19.5 Å². The summed E-state index contributed by atoms with van der Waals surface area (Å²) < 4.78 is 36.1. The molecule has 2 aromatic carbocycles. The monoisotopic (exact) mass is 407 g/mol. The fourth-order valence-corrected chi connectivity index (χ4v) is 4.09. The molecule has 0 unspecified atom stereocenters. The van der Waals surface area contributed by atoms with Gasteiger partial charge >= 0.3 is 0 Å². The number of carbonyl (C=O) groups is 1. The fraction of sp³-hybridized carbons (Fsp3) is 0.176. The molecule has 0 saturated carbocycles. The number of amides is 1. The van der Waals surface area contributed by atoms with Crippen LogP contribution in [0.1, 0.15) is 10.4 Å². The third kappa shape index (κ3) is 4.66. The molecule has 0 atom stereocenters. The van der Waals surface area contributed by atoms with Gasteiger partial charge in [-0.1, -0.05) is 11.3 Å². The van der Waals surface area contributed by atoms with E-state index in [0.717, 1.165) is 11.0 Å². The molecule has 3 aromatic rings. The van der Waals surface area contributed by atoms with Crippen molar-refractivity contribution in [1.29, 1.82) is 0 Å². The number of benzene rings is 2. The number of aromatic nitrogens is 1. The van der Waals surface area contributed by atoms with Gasteiger partial charge in [0.15, 0.2) is 5.13 Å². The van der Waals surface area contributed by atoms with E-state index in [1.54, 1.807) is 36.4 Å². The predicted molar refractivity (Wildman–Crippen MR) is 106 cm³/mol. The minimum atomic E-state index is -3.40. The van der Waals surface area contributed by atoms with Gasteiger partial charge in [-0.2, -0.15) is 0 Å². The lowest BCUT2D eigenvalue weighted by Crippen LogP contribution is -2.12. The largest absolute Gasteiger partial charge is 0.497 e.